The molecule has 0 radical (unpaired) electrons. The van der Waals surface area contributed by atoms with Gasteiger partial charge in [0, 0.05) is 5.56 Å². The van der Waals surface area contributed by atoms with Gasteiger partial charge in [0.2, 0.25) is 11.7 Å². The molecule has 0 aliphatic carbocycles. The molecule has 2 aromatic carbocycles. The first-order chi connectivity index (χ1) is 13.4. The molecule has 0 saturated heterocycles. The topological polar surface area (TPSA) is 81.9 Å². The number of hydrogen-bond donors (Lipinski definition) is 1. The van der Waals surface area contributed by atoms with Crippen molar-refractivity contribution >= 4 is 11.6 Å². The number of para-hydroxylation sites is 2. The van der Waals surface area contributed by atoms with Crippen molar-refractivity contribution in [3.63, 3.8) is 0 Å². The Bertz CT molecular complexity index is 942. The second-order valence-corrected chi connectivity index (χ2v) is 6.34. The highest BCUT2D eigenvalue weighted by Gasteiger charge is 2.14. The number of rotatable bonds is 7. The van der Waals surface area contributed by atoms with Crippen molar-refractivity contribution in [3.05, 3.63) is 54.1 Å². The molecule has 146 valence electrons. The summed E-state index contributed by atoms with van der Waals surface area (Å²) in [7, 11) is 0. The van der Waals surface area contributed by atoms with Crippen LogP contribution < -0.4 is 10.1 Å². The molecule has 9 heteroatoms. The van der Waals surface area contributed by atoms with Crippen molar-refractivity contribution in [1.29, 1.82) is 0 Å². The summed E-state index contributed by atoms with van der Waals surface area (Å²) in [5, 5.41) is 14.5. The van der Waals surface area contributed by atoms with E-state index in [2.05, 4.69) is 39.3 Å². The van der Waals surface area contributed by atoms with E-state index in [9.17, 15) is 13.6 Å². The first kappa shape index (κ1) is 19.4. The van der Waals surface area contributed by atoms with E-state index in [1.165, 1.54) is 23.8 Å². The van der Waals surface area contributed by atoms with Crippen LogP contribution in [-0.2, 0) is 11.3 Å². The fraction of sp³-hybridized carbons (Fsp3) is 0.263. The van der Waals surface area contributed by atoms with Crippen molar-refractivity contribution in [1.82, 2.24) is 20.2 Å². The Kier molecular flexibility index (Phi) is 5.93. The Morgan fingerprint density at radius 3 is 2.54 bits per heavy atom. The maximum Gasteiger partial charge on any atom is 0.387 e. The summed E-state index contributed by atoms with van der Waals surface area (Å²) >= 11 is 0. The number of carbonyl (C=O) groups excluding carboxylic acids is 1. The molecule has 0 unspecified atom stereocenters. The molecule has 3 aromatic rings. The molecule has 28 heavy (non-hydrogen) atoms. The molecule has 0 fully saturated rings. The summed E-state index contributed by atoms with van der Waals surface area (Å²) in [6, 6.07) is 13.7. The Balaban J connectivity index is 1.66. The SMILES string of the molecule is CC(C)c1ccc(-c2nnn(CC(=O)Nc3ccccc3OC(F)F)n2)cc1. The van der Waals surface area contributed by atoms with Crippen LogP contribution in [0.4, 0.5) is 14.5 Å². The Morgan fingerprint density at radius 2 is 1.86 bits per heavy atom. The van der Waals surface area contributed by atoms with Gasteiger partial charge in [-0.15, -0.1) is 10.2 Å². The highest BCUT2D eigenvalue weighted by atomic mass is 19.3. The number of tetrazole rings is 1. The van der Waals surface area contributed by atoms with Crippen molar-refractivity contribution in [2.45, 2.75) is 32.9 Å². The number of benzene rings is 2. The molecule has 0 spiro atoms. The Morgan fingerprint density at radius 1 is 1.14 bits per heavy atom. The molecule has 1 N–H and O–H groups in total. The minimum Gasteiger partial charge on any atom is -0.433 e. The molecule has 1 aromatic heterocycles. The summed E-state index contributed by atoms with van der Waals surface area (Å²) < 4.78 is 29.3. The van der Waals surface area contributed by atoms with Gasteiger partial charge in [0.25, 0.3) is 0 Å². The maximum absolute atomic E-state index is 12.5. The zero-order valence-corrected chi connectivity index (χ0v) is 15.3. The predicted molar refractivity (Wildman–Crippen MR) is 99.0 cm³/mol. The van der Waals surface area contributed by atoms with Gasteiger partial charge >= 0.3 is 6.61 Å². The van der Waals surface area contributed by atoms with Crippen LogP contribution in [0.2, 0.25) is 0 Å². The molecule has 1 heterocycles. The summed E-state index contributed by atoms with van der Waals surface area (Å²) in [5.74, 6) is 0.190. The molecule has 1 amide bonds. The normalized spacial score (nSPS) is 11.1. The predicted octanol–water partition coefficient (Wildman–Crippen LogP) is 3.70. The van der Waals surface area contributed by atoms with Gasteiger partial charge in [0.15, 0.2) is 0 Å². The molecular weight excluding hydrogens is 368 g/mol. The molecule has 7 nitrogen and oxygen atoms in total. The minimum absolute atomic E-state index is 0.122. The average Bonchev–Trinajstić information content (AvgIpc) is 3.11. The van der Waals surface area contributed by atoms with Crippen LogP contribution in [0.5, 0.6) is 5.75 Å². The van der Waals surface area contributed by atoms with Crippen molar-refractivity contribution in [2.75, 3.05) is 5.32 Å². The highest BCUT2D eigenvalue weighted by molar-refractivity contribution is 5.92. The zero-order chi connectivity index (χ0) is 20.1. The standard InChI is InChI=1S/C19H19F2N5O2/c1-12(2)13-7-9-14(10-8-13)18-23-25-26(24-18)11-17(27)22-15-5-3-4-6-16(15)28-19(20)21/h3-10,12,19H,11H2,1-2H3,(H,22,27). The van der Waals surface area contributed by atoms with Crippen molar-refractivity contribution in [3.8, 4) is 17.1 Å². The van der Waals surface area contributed by atoms with Crippen LogP contribution in [0.1, 0.15) is 25.3 Å². The molecule has 0 saturated carbocycles. The molecule has 0 aliphatic heterocycles. The largest absolute Gasteiger partial charge is 0.433 e. The Labute approximate surface area is 160 Å². The van der Waals surface area contributed by atoms with E-state index in [0.717, 1.165) is 10.4 Å². The summed E-state index contributed by atoms with van der Waals surface area (Å²) in [6.07, 6.45) is 0. The van der Waals surface area contributed by atoms with Crippen LogP contribution in [-0.4, -0.2) is 32.7 Å². The van der Waals surface area contributed by atoms with Crippen LogP contribution in [0.3, 0.4) is 0 Å². The average molecular weight is 387 g/mol. The molecule has 3 rings (SSSR count). The van der Waals surface area contributed by atoms with E-state index < -0.39 is 12.5 Å². The fourth-order valence-corrected chi connectivity index (χ4v) is 2.53. The van der Waals surface area contributed by atoms with Gasteiger partial charge in [-0.1, -0.05) is 50.2 Å². The first-order valence-corrected chi connectivity index (χ1v) is 8.64. The number of hydrogen-bond acceptors (Lipinski definition) is 5. The van der Waals surface area contributed by atoms with E-state index in [-0.39, 0.29) is 18.0 Å². The lowest BCUT2D eigenvalue weighted by molar-refractivity contribution is -0.117. The van der Waals surface area contributed by atoms with Gasteiger partial charge in [-0.2, -0.15) is 13.6 Å². The maximum atomic E-state index is 12.5. The molecule has 0 bridgehead atoms. The number of aromatic nitrogens is 4. The first-order valence-electron chi connectivity index (χ1n) is 8.64. The highest BCUT2D eigenvalue weighted by Crippen LogP contribution is 2.25. The smallest absolute Gasteiger partial charge is 0.387 e. The Hall–Kier alpha value is -3.36. The van der Waals surface area contributed by atoms with E-state index >= 15 is 0 Å². The van der Waals surface area contributed by atoms with Gasteiger partial charge in [-0.05, 0) is 28.8 Å². The summed E-state index contributed by atoms with van der Waals surface area (Å²) in [5.41, 5.74) is 2.12. The lowest BCUT2D eigenvalue weighted by Gasteiger charge is -2.11. The van der Waals surface area contributed by atoms with Gasteiger partial charge in [-0.3, -0.25) is 4.79 Å². The van der Waals surface area contributed by atoms with E-state index in [1.54, 1.807) is 6.07 Å². The van der Waals surface area contributed by atoms with Crippen molar-refractivity contribution in [2.24, 2.45) is 0 Å². The van der Waals surface area contributed by atoms with Crippen LogP contribution in [0.15, 0.2) is 48.5 Å². The van der Waals surface area contributed by atoms with Gasteiger partial charge in [-0.25, -0.2) is 0 Å². The lowest BCUT2D eigenvalue weighted by Crippen LogP contribution is -2.21. The summed E-state index contributed by atoms with van der Waals surface area (Å²) in [6.45, 7) is 0.999. The number of nitrogens with zero attached hydrogens (tertiary/aromatic N) is 4. The number of amides is 1. The minimum atomic E-state index is -2.99. The second kappa shape index (κ2) is 8.55. The second-order valence-electron chi connectivity index (χ2n) is 6.34. The van der Waals surface area contributed by atoms with Gasteiger partial charge < -0.3 is 10.1 Å². The lowest BCUT2D eigenvalue weighted by atomic mass is 10.0. The number of anilines is 1. The van der Waals surface area contributed by atoms with Crippen molar-refractivity contribution < 1.29 is 18.3 Å². The monoisotopic (exact) mass is 387 g/mol. The van der Waals surface area contributed by atoms with Gasteiger partial charge in [0.1, 0.15) is 12.3 Å². The molecule has 0 aliphatic rings. The third-order valence-electron chi connectivity index (χ3n) is 3.95. The third kappa shape index (κ3) is 4.87. The summed E-state index contributed by atoms with van der Waals surface area (Å²) in [4.78, 5) is 13.3. The number of halogens is 2. The van der Waals surface area contributed by atoms with E-state index in [4.69, 9.17) is 0 Å². The van der Waals surface area contributed by atoms with E-state index in [1.807, 2.05) is 24.3 Å². The van der Waals surface area contributed by atoms with Crippen LogP contribution in [0.25, 0.3) is 11.4 Å². The van der Waals surface area contributed by atoms with Gasteiger partial charge in [0.05, 0.1) is 5.69 Å². The van der Waals surface area contributed by atoms with Crippen LogP contribution in [0, 0.1) is 0 Å². The molecular formula is C19H19F2N5O2. The number of alkyl halides is 2. The molecule has 0 atom stereocenters. The third-order valence-corrected chi connectivity index (χ3v) is 3.95. The number of ether oxygens (including phenoxy) is 1. The quantitative estimate of drug-likeness (QED) is 0.668. The van der Waals surface area contributed by atoms with Crippen LogP contribution >= 0.6 is 0 Å². The fourth-order valence-electron chi connectivity index (χ4n) is 2.53. The number of carbonyl (C=O) groups is 1. The van der Waals surface area contributed by atoms with E-state index in [0.29, 0.717) is 11.7 Å². The zero-order valence-electron chi connectivity index (χ0n) is 15.3. The number of nitrogens with one attached hydrogen (secondary N) is 1.